The molecular weight excluding hydrogens is 363 g/mol. The molecule has 0 radical (unpaired) electrons. The minimum Gasteiger partial charge on any atom is -0.468 e. The summed E-state index contributed by atoms with van der Waals surface area (Å²) in [4.78, 5) is 27.3. The highest BCUT2D eigenvalue weighted by Crippen LogP contribution is 2.17. The van der Waals surface area contributed by atoms with Crippen molar-refractivity contribution >= 4 is 23.4 Å². The summed E-state index contributed by atoms with van der Waals surface area (Å²) in [6.07, 6.45) is -3.47. The van der Waals surface area contributed by atoms with E-state index in [0.29, 0.717) is 0 Å². The van der Waals surface area contributed by atoms with Gasteiger partial charge >= 0.3 is 6.18 Å². The molecule has 0 aliphatic rings. The number of alkyl halides is 3. The van der Waals surface area contributed by atoms with E-state index in [1.807, 2.05) is 0 Å². The molecule has 0 saturated carbocycles. The van der Waals surface area contributed by atoms with Crippen molar-refractivity contribution in [2.75, 3.05) is 6.61 Å². The number of halogens is 4. The van der Waals surface area contributed by atoms with Gasteiger partial charge in [0.15, 0.2) is 6.61 Å². The van der Waals surface area contributed by atoms with Gasteiger partial charge in [-0.2, -0.15) is 13.2 Å². The number of amides is 2. The minimum absolute atomic E-state index is 0.0128. The van der Waals surface area contributed by atoms with Gasteiger partial charge in [-0.15, -0.1) is 0 Å². The molecule has 1 heterocycles. The lowest BCUT2D eigenvalue weighted by molar-refractivity contribution is -0.154. The molecule has 0 bridgehead atoms. The molecule has 0 saturated heterocycles. The van der Waals surface area contributed by atoms with Crippen molar-refractivity contribution in [3.8, 4) is 5.88 Å². The molecule has 2 rings (SSSR count). The molecule has 2 N–H and O–H groups in total. The molecule has 10 heteroatoms. The van der Waals surface area contributed by atoms with Crippen LogP contribution in [-0.4, -0.2) is 29.6 Å². The summed E-state index contributed by atoms with van der Waals surface area (Å²) < 4.78 is 40.5. The molecule has 2 amide bonds. The Morgan fingerprint density at radius 3 is 2.36 bits per heavy atom. The maximum Gasteiger partial charge on any atom is 0.422 e. The largest absolute Gasteiger partial charge is 0.468 e. The van der Waals surface area contributed by atoms with Crippen LogP contribution in [0.15, 0.2) is 42.6 Å². The standard InChI is InChI=1S/C15H11ClF3N3O3/c16-11-4-2-1-3-10(11)14(24)22-21-13(23)9-5-6-12(20-7-9)25-8-15(17,18)19/h1-7H,8H2,(H,21,23)(H,22,24). The molecule has 25 heavy (non-hydrogen) atoms. The zero-order valence-corrected chi connectivity index (χ0v) is 13.2. The first-order valence-electron chi connectivity index (χ1n) is 6.77. The second kappa shape index (κ2) is 7.84. The summed E-state index contributed by atoms with van der Waals surface area (Å²) >= 11 is 5.85. The molecule has 0 fully saturated rings. The van der Waals surface area contributed by atoms with Crippen molar-refractivity contribution < 1.29 is 27.5 Å². The monoisotopic (exact) mass is 373 g/mol. The number of hydrogen-bond donors (Lipinski definition) is 2. The van der Waals surface area contributed by atoms with Gasteiger partial charge < -0.3 is 4.74 Å². The fourth-order valence-corrected chi connectivity index (χ4v) is 1.88. The van der Waals surface area contributed by atoms with Gasteiger partial charge in [0.05, 0.1) is 16.1 Å². The van der Waals surface area contributed by atoms with Crippen LogP contribution in [0, 0.1) is 0 Å². The van der Waals surface area contributed by atoms with E-state index < -0.39 is 24.6 Å². The van der Waals surface area contributed by atoms with E-state index >= 15 is 0 Å². The molecule has 1 aromatic heterocycles. The normalized spacial score (nSPS) is 10.9. The second-order valence-electron chi connectivity index (χ2n) is 4.68. The summed E-state index contributed by atoms with van der Waals surface area (Å²) in [7, 11) is 0. The van der Waals surface area contributed by atoms with Crippen molar-refractivity contribution in [1.82, 2.24) is 15.8 Å². The van der Waals surface area contributed by atoms with Gasteiger partial charge in [-0.1, -0.05) is 23.7 Å². The van der Waals surface area contributed by atoms with Gasteiger partial charge in [0, 0.05) is 12.3 Å². The number of ether oxygens (including phenoxy) is 1. The Hall–Kier alpha value is -2.81. The van der Waals surface area contributed by atoms with Crippen LogP contribution in [0.5, 0.6) is 5.88 Å². The molecule has 2 aromatic rings. The predicted molar refractivity (Wildman–Crippen MR) is 82.2 cm³/mol. The first kappa shape index (κ1) is 18.5. The number of carbonyl (C=O) groups is 2. The van der Waals surface area contributed by atoms with Crippen molar-refractivity contribution in [2.24, 2.45) is 0 Å². The van der Waals surface area contributed by atoms with E-state index in [1.54, 1.807) is 12.1 Å². The zero-order chi connectivity index (χ0) is 18.4. The molecule has 1 aromatic carbocycles. The Morgan fingerprint density at radius 1 is 1.08 bits per heavy atom. The molecular formula is C15H11ClF3N3O3. The number of rotatable bonds is 4. The number of aromatic nitrogens is 1. The van der Waals surface area contributed by atoms with Crippen LogP contribution in [-0.2, 0) is 0 Å². The summed E-state index contributed by atoms with van der Waals surface area (Å²) in [5, 5.41) is 0.210. The third-order valence-corrected chi connectivity index (χ3v) is 3.12. The van der Waals surface area contributed by atoms with Crippen molar-refractivity contribution in [3.05, 3.63) is 58.7 Å². The van der Waals surface area contributed by atoms with Crippen LogP contribution in [0.1, 0.15) is 20.7 Å². The lowest BCUT2D eigenvalue weighted by Gasteiger charge is -2.10. The Kier molecular flexibility index (Phi) is 5.81. The number of hydrogen-bond acceptors (Lipinski definition) is 4. The van der Waals surface area contributed by atoms with E-state index in [9.17, 15) is 22.8 Å². The van der Waals surface area contributed by atoms with Crippen LogP contribution in [0.2, 0.25) is 5.02 Å². The Bertz CT molecular complexity index is 767. The van der Waals surface area contributed by atoms with E-state index in [2.05, 4.69) is 20.6 Å². The molecule has 0 atom stereocenters. The SMILES string of the molecule is O=C(NNC(=O)c1ccccc1Cl)c1ccc(OCC(F)(F)F)nc1. The Labute approximate surface area is 144 Å². The van der Waals surface area contributed by atoms with E-state index in [0.717, 1.165) is 12.3 Å². The fourth-order valence-electron chi connectivity index (χ4n) is 1.65. The summed E-state index contributed by atoms with van der Waals surface area (Å²) in [6, 6.07) is 8.55. The molecule has 0 unspecified atom stereocenters. The predicted octanol–water partition coefficient (Wildman–Crippen LogP) is 2.75. The van der Waals surface area contributed by atoms with Crippen LogP contribution in [0.3, 0.4) is 0 Å². The van der Waals surface area contributed by atoms with Crippen LogP contribution in [0.25, 0.3) is 0 Å². The van der Waals surface area contributed by atoms with E-state index in [-0.39, 0.29) is 22.0 Å². The number of carbonyl (C=O) groups excluding carboxylic acids is 2. The highest BCUT2D eigenvalue weighted by atomic mass is 35.5. The third-order valence-electron chi connectivity index (χ3n) is 2.79. The lowest BCUT2D eigenvalue weighted by Crippen LogP contribution is -2.41. The average molecular weight is 374 g/mol. The van der Waals surface area contributed by atoms with Gasteiger partial charge in [-0.05, 0) is 18.2 Å². The lowest BCUT2D eigenvalue weighted by atomic mass is 10.2. The quantitative estimate of drug-likeness (QED) is 0.808. The van der Waals surface area contributed by atoms with Gasteiger partial charge in [0.1, 0.15) is 0 Å². The zero-order valence-electron chi connectivity index (χ0n) is 12.4. The summed E-state index contributed by atoms with van der Waals surface area (Å²) in [5.41, 5.74) is 4.49. The number of hydrazine groups is 1. The highest BCUT2D eigenvalue weighted by Gasteiger charge is 2.28. The van der Waals surface area contributed by atoms with Crippen molar-refractivity contribution in [1.29, 1.82) is 0 Å². The first-order chi connectivity index (χ1) is 11.8. The van der Waals surface area contributed by atoms with Gasteiger partial charge in [-0.3, -0.25) is 20.4 Å². The van der Waals surface area contributed by atoms with Crippen molar-refractivity contribution in [3.63, 3.8) is 0 Å². The number of pyridine rings is 1. The van der Waals surface area contributed by atoms with E-state index in [1.165, 1.54) is 18.2 Å². The van der Waals surface area contributed by atoms with Gasteiger partial charge in [0.25, 0.3) is 11.8 Å². The second-order valence-corrected chi connectivity index (χ2v) is 5.08. The minimum atomic E-state index is -4.49. The van der Waals surface area contributed by atoms with Crippen LogP contribution in [0.4, 0.5) is 13.2 Å². The maximum atomic E-state index is 12.0. The van der Waals surface area contributed by atoms with E-state index in [4.69, 9.17) is 11.6 Å². The third kappa shape index (κ3) is 5.64. The number of nitrogens with one attached hydrogen (secondary N) is 2. The smallest absolute Gasteiger partial charge is 0.422 e. The fraction of sp³-hybridized carbons (Fsp3) is 0.133. The summed E-state index contributed by atoms with van der Waals surface area (Å²) in [5.74, 6) is -1.62. The summed E-state index contributed by atoms with van der Waals surface area (Å²) in [6.45, 7) is -1.49. The number of benzene rings is 1. The van der Waals surface area contributed by atoms with Crippen LogP contribution >= 0.6 is 11.6 Å². The Balaban J connectivity index is 1.90. The Morgan fingerprint density at radius 2 is 1.76 bits per heavy atom. The maximum absolute atomic E-state index is 12.0. The molecule has 132 valence electrons. The number of nitrogens with zero attached hydrogens (tertiary/aromatic N) is 1. The molecule has 0 aliphatic carbocycles. The van der Waals surface area contributed by atoms with Crippen molar-refractivity contribution in [2.45, 2.75) is 6.18 Å². The average Bonchev–Trinajstić information content (AvgIpc) is 2.58. The van der Waals surface area contributed by atoms with Crippen LogP contribution < -0.4 is 15.6 Å². The van der Waals surface area contributed by atoms with Gasteiger partial charge in [-0.25, -0.2) is 4.98 Å². The molecule has 0 aliphatic heterocycles. The van der Waals surface area contributed by atoms with Gasteiger partial charge in [0.2, 0.25) is 5.88 Å². The molecule has 0 spiro atoms. The first-order valence-corrected chi connectivity index (χ1v) is 7.15. The highest BCUT2D eigenvalue weighted by molar-refractivity contribution is 6.33. The topological polar surface area (TPSA) is 80.3 Å². The molecule has 6 nitrogen and oxygen atoms in total.